The van der Waals surface area contributed by atoms with Gasteiger partial charge in [-0.2, -0.15) is 0 Å². The molecule has 0 aliphatic rings. The lowest BCUT2D eigenvalue weighted by atomic mass is 10.4. The van der Waals surface area contributed by atoms with Crippen LogP contribution in [0.1, 0.15) is 6.92 Å². The highest BCUT2D eigenvalue weighted by atomic mass is 32.2. The zero-order valence-electron chi connectivity index (χ0n) is 8.60. The van der Waals surface area contributed by atoms with Gasteiger partial charge < -0.3 is 5.32 Å². The molecule has 84 valence electrons. The van der Waals surface area contributed by atoms with Crippen molar-refractivity contribution in [3.05, 3.63) is 30.3 Å². The van der Waals surface area contributed by atoms with Crippen molar-refractivity contribution in [1.82, 2.24) is 5.32 Å². The van der Waals surface area contributed by atoms with Gasteiger partial charge in [0.15, 0.2) is 0 Å². The number of carbonyl (C=O) groups excluding carboxylic acids is 1. The average Bonchev–Trinajstić information content (AvgIpc) is 2.19. The van der Waals surface area contributed by atoms with Crippen molar-refractivity contribution in [1.29, 1.82) is 0 Å². The fourth-order valence-corrected chi connectivity index (χ4v) is 1.15. The summed E-state index contributed by atoms with van der Waals surface area (Å²) in [5.74, 6) is 0.00463. The van der Waals surface area contributed by atoms with Gasteiger partial charge in [-0.25, -0.2) is 13.6 Å². The molecule has 6 heteroatoms. The van der Waals surface area contributed by atoms with E-state index in [4.69, 9.17) is 5.14 Å². The first-order valence-corrected chi connectivity index (χ1v) is 5.68. The summed E-state index contributed by atoms with van der Waals surface area (Å²) >= 11 is 0. The Morgan fingerprint density at radius 1 is 1.27 bits per heavy atom. The van der Waals surface area contributed by atoms with Crippen LogP contribution in [0.2, 0.25) is 0 Å². The van der Waals surface area contributed by atoms with Crippen molar-refractivity contribution in [3.8, 4) is 0 Å². The smallest absolute Gasteiger partial charge is 0.238 e. The van der Waals surface area contributed by atoms with Crippen molar-refractivity contribution in [3.63, 3.8) is 0 Å². The molecule has 3 N–H and O–H groups in total. The van der Waals surface area contributed by atoms with Crippen LogP contribution in [0.3, 0.4) is 0 Å². The zero-order chi connectivity index (χ0) is 11.9. The Morgan fingerprint density at radius 2 is 1.67 bits per heavy atom. The predicted molar refractivity (Wildman–Crippen MR) is 57.6 cm³/mol. The minimum Gasteiger partial charge on any atom is -0.359 e. The summed E-state index contributed by atoms with van der Waals surface area (Å²) in [4.78, 5) is 9.85. The second-order valence-electron chi connectivity index (χ2n) is 2.66. The Kier molecular flexibility index (Phi) is 5.58. The van der Waals surface area contributed by atoms with Crippen molar-refractivity contribution in [2.75, 3.05) is 7.05 Å². The maximum atomic E-state index is 10.6. The van der Waals surface area contributed by atoms with Crippen LogP contribution < -0.4 is 10.5 Å². The van der Waals surface area contributed by atoms with Crippen LogP contribution in [0, 0.1) is 0 Å². The third kappa shape index (κ3) is 6.64. The molecule has 15 heavy (non-hydrogen) atoms. The normalized spacial score (nSPS) is 9.80. The SMILES string of the molecule is CNC(C)=O.NS(=O)(=O)c1ccccc1. The molecule has 1 aromatic carbocycles. The van der Waals surface area contributed by atoms with Crippen molar-refractivity contribution < 1.29 is 13.2 Å². The number of nitrogens with two attached hydrogens (primary N) is 1. The number of hydrogen-bond acceptors (Lipinski definition) is 3. The topological polar surface area (TPSA) is 89.3 Å². The highest BCUT2D eigenvalue weighted by molar-refractivity contribution is 7.89. The van der Waals surface area contributed by atoms with Gasteiger partial charge in [-0.3, -0.25) is 4.79 Å². The summed E-state index contributed by atoms with van der Waals surface area (Å²) in [5, 5.41) is 7.22. The fourth-order valence-electron chi connectivity index (χ4n) is 0.610. The van der Waals surface area contributed by atoms with Gasteiger partial charge in [-0.1, -0.05) is 18.2 Å². The van der Waals surface area contributed by atoms with E-state index in [1.807, 2.05) is 0 Å². The van der Waals surface area contributed by atoms with Gasteiger partial charge >= 0.3 is 0 Å². The first-order chi connectivity index (χ1) is 6.88. The van der Waals surface area contributed by atoms with Crippen LogP contribution in [-0.2, 0) is 14.8 Å². The minimum absolute atomic E-state index is 0.00463. The highest BCUT2D eigenvalue weighted by Crippen LogP contribution is 2.02. The number of benzene rings is 1. The van der Waals surface area contributed by atoms with E-state index in [0.29, 0.717) is 0 Å². The summed E-state index contributed by atoms with van der Waals surface area (Å²) in [6.45, 7) is 1.47. The summed E-state index contributed by atoms with van der Waals surface area (Å²) in [5.41, 5.74) is 0. The monoisotopic (exact) mass is 230 g/mol. The second kappa shape index (κ2) is 6.15. The van der Waals surface area contributed by atoms with Crippen LogP contribution in [0.15, 0.2) is 35.2 Å². The molecule has 0 saturated heterocycles. The Hall–Kier alpha value is -1.40. The molecule has 0 unspecified atom stereocenters. The van der Waals surface area contributed by atoms with Crippen LogP contribution in [0.4, 0.5) is 0 Å². The predicted octanol–water partition coefficient (Wildman–Crippen LogP) is 0.0863. The fraction of sp³-hybridized carbons (Fsp3) is 0.222. The number of primary sulfonamides is 1. The second-order valence-corrected chi connectivity index (χ2v) is 4.23. The molecule has 5 nitrogen and oxygen atoms in total. The third-order valence-corrected chi connectivity index (χ3v) is 2.35. The van der Waals surface area contributed by atoms with Crippen molar-refractivity contribution >= 4 is 15.9 Å². The Labute approximate surface area is 89.3 Å². The van der Waals surface area contributed by atoms with Gasteiger partial charge in [-0.15, -0.1) is 0 Å². The molecule has 0 aromatic heterocycles. The summed E-state index contributed by atoms with van der Waals surface area (Å²) in [6, 6.07) is 7.89. The molecule has 0 atom stereocenters. The van der Waals surface area contributed by atoms with Gasteiger partial charge in [0, 0.05) is 14.0 Å². The van der Waals surface area contributed by atoms with E-state index in [2.05, 4.69) is 5.32 Å². The molecule has 0 heterocycles. The summed E-state index contributed by atoms with van der Waals surface area (Å²) in [6.07, 6.45) is 0. The third-order valence-electron chi connectivity index (χ3n) is 1.42. The molecule has 0 saturated carbocycles. The summed E-state index contributed by atoms with van der Waals surface area (Å²) < 4.78 is 21.2. The quantitative estimate of drug-likeness (QED) is 0.716. The van der Waals surface area contributed by atoms with E-state index >= 15 is 0 Å². The van der Waals surface area contributed by atoms with E-state index in [1.54, 1.807) is 25.2 Å². The lowest BCUT2D eigenvalue weighted by molar-refractivity contribution is -0.118. The van der Waals surface area contributed by atoms with Crippen molar-refractivity contribution in [2.45, 2.75) is 11.8 Å². The first kappa shape index (κ1) is 13.6. The molecule has 0 spiro atoms. The first-order valence-electron chi connectivity index (χ1n) is 4.14. The van der Waals surface area contributed by atoms with E-state index in [1.165, 1.54) is 19.1 Å². The van der Waals surface area contributed by atoms with Gasteiger partial charge in [-0.05, 0) is 12.1 Å². The van der Waals surface area contributed by atoms with E-state index in [0.717, 1.165) is 0 Å². The molecular formula is C9H14N2O3S. The molecule has 1 amide bonds. The molecule has 0 bridgehead atoms. The molecule has 0 aliphatic carbocycles. The average molecular weight is 230 g/mol. The zero-order valence-corrected chi connectivity index (χ0v) is 9.41. The number of sulfonamides is 1. The van der Waals surface area contributed by atoms with Gasteiger partial charge in [0.05, 0.1) is 4.90 Å². The van der Waals surface area contributed by atoms with Crippen LogP contribution in [0.5, 0.6) is 0 Å². The molecular weight excluding hydrogens is 216 g/mol. The Morgan fingerprint density at radius 3 is 1.87 bits per heavy atom. The molecule has 0 aliphatic heterocycles. The Balaban J connectivity index is 0.000000336. The maximum absolute atomic E-state index is 10.6. The number of carbonyl (C=O) groups is 1. The van der Waals surface area contributed by atoms with Crippen molar-refractivity contribution in [2.24, 2.45) is 5.14 Å². The Bertz CT molecular complexity index is 401. The standard InChI is InChI=1S/C6H7NO2S.C3H7NO/c7-10(8,9)6-4-2-1-3-5-6;1-3(5)4-2/h1-5H,(H2,7,8,9);1-2H3,(H,4,5). The largest absolute Gasteiger partial charge is 0.359 e. The number of hydrogen-bond donors (Lipinski definition) is 2. The van der Waals surface area contributed by atoms with Gasteiger partial charge in [0.1, 0.15) is 0 Å². The summed E-state index contributed by atoms with van der Waals surface area (Å²) in [7, 11) is -1.90. The lowest BCUT2D eigenvalue weighted by Crippen LogP contribution is -2.11. The lowest BCUT2D eigenvalue weighted by Gasteiger charge is -1.93. The van der Waals surface area contributed by atoms with Crippen LogP contribution in [0.25, 0.3) is 0 Å². The molecule has 0 fully saturated rings. The van der Waals surface area contributed by atoms with Crippen LogP contribution >= 0.6 is 0 Å². The minimum atomic E-state index is -3.50. The van der Waals surface area contributed by atoms with E-state index in [-0.39, 0.29) is 10.8 Å². The van der Waals surface area contributed by atoms with E-state index in [9.17, 15) is 13.2 Å². The maximum Gasteiger partial charge on any atom is 0.238 e. The van der Waals surface area contributed by atoms with Gasteiger partial charge in [0.2, 0.25) is 15.9 Å². The molecule has 0 radical (unpaired) electrons. The molecule has 1 rings (SSSR count). The van der Waals surface area contributed by atoms with Gasteiger partial charge in [0.25, 0.3) is 0 Å². The number of amides is 1. The molecule has 1 aromatic rings. The highest BCUT2D eigenvalue weighted by Gasteiger charge is 2.03. The van der Waals surface area contributed by atoms with Crippen LogP contribution in [-0.4, -0.2) is 21.4 Å². The van der Waals surface area contributed by atoms with E-state index < -0.39 is 10.0 Å². The number of rotatable bonds is 1. The number of nitrogens with one attached hydrogen (secondary N) is 1.